The molecule has 2 heterocycles. The third-order valence-electron chi connectivity index (χ3n) is 2.59. The van der Waals surface area contributed by atoms with Gasteiger partial charge in [0.05, 0.1) is 18.1 Å². The molecule has 0 amide bonds. The van der Waals surface area contributed by atoms with Crippen molar-refractivity contribution in [3.05, 3.63) is 23.8 Å². The first-order valence-corrected chi connectivity index (χ1v) is 4.62. The molecule has 16 heavy (non-hydrogen) atoms. The quantitative estimate of drug-likeness (QED) is 0.415. The molecule has 0 saturated carbocycles. The molecule has 2 atom stereocenters. The minimum Gasteiger partial charge on any atom is -0.548 e. The van der Waals surface area contributed by atoms with Crippen molar-refractivity contribution in [3.63, 3.8) is 0 Å². The van der Waals surface area contributed by atoms with Crippen molar-refractivity contribution in [2.24, 2.45) is 0 Å². The van der Waals surface area contributed by atoms with Crippen LogP contribution in [0.1, 0.15) is 11.6 Å². The van der Waals surface area contributed by atoms with Crippen molar-refractivity contribution in [2.45, 2.75) is 12.1 Å². The van der Waals surface area contributed by atoms with Crippen LogP contribution in [0.4, 0.5) is 0 Å². The number of carbonyl (C=O) groups is 1. The molecule has 0 aromatic heterocycles. The van der Waals surface area contributed by atoms with Gasteiger partial charge >= 0.3 is 29.6 Å². The molecule has 0 spiro atoms. The van der Waals surface area contributed by atoms with Gasteiger partial charge in [0.15, 0.2) is 11.5 Å². The van der Waals surface area contributed by atoms with Crippen LogP contribution >= 0.6 is 0 Å². The number of nitrogens with one attached hydrogen (secondary N) is 1. The molecule has 0 bridgehead atoms. The summed E-state index contributed by atoms with van der Waals surface area (Å²) in [6, 6.07) is 4.66. The molecule has 1 aromatic rings. The third kappa shape index (κ3) is 1.91. The predicted octanol–water partition coefficient (Wildman–Crippen LogP) is -3.82. The largest absolute Gasteiger partial charge is 1.00 e. The summed E-state index contributed by atoms with van der Waals surface area (Å²) in [6.07, 6.45) is 0. The maximum Gasteiger partial charge on any atom is 1.00 e. The first-order chi connectivity index (χ1) is 7.25. The topological polar surface area (TPSA) is 80.5 Å². The zero-order valence-electron chi connectivity index (χ0n) is 8.73. The maximum atomic E-state index is 10.5. The maximum absolute atomic E-state index is 10.5. The fourth-order valence-electron chi connectivity index (χ4n) is 1.74. The summed E-state index contributed by atoms with van der Waals surface area (Å²) in [5.41, 5.74) is 0.883. The van der Waals surface area contributed by atoms with Gasteiger partial charge in [-0.2, -0.15) is 0 Å². The Hall–Kier alpha value is -0.750. The monoisotopic (exact) mass is 229 g/mol. The molecule has 1 fully saturated rings. The molecule has 1 N–H and O–H groups in total. The molecule has 2 aliphatic heterocycles. The van der Waals surface area contributed by atoms with E-state index in [-0.39, 0.29) is 42.4 Å². The van der Waals surface area contributed by atoms with E-state index in [1.54, 1.807) is 12.1 Å². The molecule has 5 nitrogen and oxygen atoms in total. The van der Waals surface area contributed by atoms with Gasteiger partial charge in [-0.25, -0.2) is 0 Å². The Balaban J connectivity index is 0.000000963. The Kier molecular flexibility index (Phi) is 3.12. The van der Waals surface area contributed by atoms with Crippen LogP contribution in [0.2, 0.25) is 0 Å². The smallest absolute Gasteiger partial charge is 0.548 e. The summed E-state index contributed by atoms with van der Waals surface area (Å²) < 4.78 is 10.4. The fourth-order valence-corrected chi connectivity index (χ4v) is 1.74. The minimum absolute atomic E-state index is 0. The second-order valence-corrected chi connectivity index (χ2v) is 3.55. The van der Waals surface area contributed by atoms with Crippen LogP contribution in [-0.2, 0) is 4.79 Å². The third-order valence-corrected chi connectivity index (χ3v) is 2.59. The van der Waals surface area contributed by atoms with E-state index >= 15 is 0 Å². The second kappa shape index (κ2) is 4.25. The summed E-state index contributed by atoms with van der Waals surface area (Å²) in [6.45, 7) is 0.223. The van der Waals surface area contributed by atoms with E-state index in [0.29, 0.717) is 11.5 Å². The van der Waals surface area contributed by atoms with Crippen molar-refractivity contribution in [3.8, 4) is 11.5 Å². The molecule has 1 saturated heterocycles. The van der Waals surface area contributed by atoms with E-state index in [2.05, 4.69) is 5.32 Å². The zero-order chi connectivity index (χ0) is 10.4. The van der Waals surface area contributed by atoms with Crippen LogP contribution in [0.5, 0.6) is 11.5 Å². The standard InChI is InChI=1S/C10H9NO4.Na/c12-10(13)9-8(11-9)5-1-2-6-7(3-5)15-4-14-6;/h1-3,8-9,11H,4H2,(H,12,13);/q;+1/p-1/t8-,9-;/m0./s1. The molecule has 6 heteroatoms. The number of ether oxygens (including phenoxy) is 2. The number of carbonyl (C=O) groups excluding carboxylic acids is 1. The number of hydrogen-bond donors (Lipinski definition) is 1. The average molecular weight is 229 g/mol. The first-order valence-electron chi connectivity index (χ1n) is 4.62. The van der Waals surface area contributed by atoms with Crippen LogP contribution < -0.4 is 49.5 Å². The van der Waals surface area contributed by atoms with Gasteiger partial charge in [-0.1, -0.05) is 6.07 Å². The molecule has 3 rings (SSSR count). The number of fused-ring (bicyclic) bond motifs is 1. The summed E-state index contributed by atoms with van der Waals surface area (Å²) >= 11 is 0. The number of carboxylic acid groups (broad SMARTS) is 1. The molecule has 0 radical (unpaired) electrons. The van der Waals surface area contributed by atoms with Crippen molar-refractivity contribution < 1.29 is 48.9 Å². The number of aliphatic carboxylic acids is 1. The Labute approximate surface area is 114 Å². The molecule has 1 aromatic carbocycles. The predicted molar refractivity (Wildman–Crippen MR) is 47.2 cm³/mol. The van der Waals surface area contributed by atoms with Gasteiger partial charge in [0.2, 0.25) is 6.79 Å². The zero-order valence-corrected chi connectivity index (χ0v) is 10.7. The van der Waals surface area contributed by atoms with Gasteiger partial charge in [0, 0.05) is 0 Å². The van der Waals surface area contributed by atoms with Gasteiger partial charge in [-0.3, -0.25) is 5.32 Å². The van der Waals surface area contributed by atoms with Crippen molar-refractivity contribution in [1.29, 1.82) is 0 Å². The summed E-state index contributed by atoms with van der Waals surface area (Å²) in [7, 11) is 0. The molecular weight excluding hydrogens is 221 g/mol. The van der Waals surface area contributed by atoms with Crippen molar-refractivity contribution >= 4 is 5.97 Å². The van der Waals surface area contributed by atoms with E-state index in [1.165, 1.54) is 0 Å². The van der Waals surface area contributed by atoms with Gasteiger partial charge in [-0.05, 0) is 17.7 Å². The van der Waals surface area contributed by atoms with E-state index in [1.807, 2.05) is 6.07 Å². The Morgan fingerprint density at radius 2 is 2.12 bits per heavy atom. The summed E-state index contributed by atoms with van der Waals surface area (Å²) in [4.78, 5) is 10.5. The number of carboxylic acids is 1. The molecule has 0 unspecified atom stereocenters. The van der Waals surface area contributed by atoms with Crippen LogP contribution in [0.3, 0.4) is 0 Å². The minimum atomic E-state index is -1.07. The Morgan fingerprint density at radius 3 is 2.81 bits per heavy atom. The van der Waals surface area contributed by atoms with E-state index in [0.717, 1.165) is 5.56 Å². The normalized spacial score (nSPS) is 24.8. The van der Waals surface area contributed by atoms with E-state index < -0.39 is 12.0 Å². The molecule has 78 valence electrons. The van der Waals surface area contributed by atoms with Crippen LogP contribution in [0.25, 0.3) is 0 Å². The van der Waals surface area contributed by atoms with Crippen molar-refractivity contribution in [2.75, 3.05) is 6.79 Å². The average Bonchev–Trinajstić information content (AvgIpc) is 2.89. The van der Waals surface area contributed by atoms with Gasteiger partial charge in [-0.15, -0.1) is 0 Å². The van der Waals surface area contributed by atoms with Gasteiger partial charge in [0.1, 0.15) is 0 Å². The van der Waals surface area contributed by atoms with Crippen molar-refractivity contribution in [1.82, 2.24) is 5.32 Å². The van der Waals surface area contributed by atoms with Crippen LogP contribution in [0.15, 0.2) is 18.2 Å². The SMILES string of the molecule is O=C([O-])[C@H]1N[C@H]1c1ccc2c(c1)OCO2.[Na+]. The van der Waals surface area contributed by atoms with Gasteiger partial charge in [0.25, 0.3) is 0 Å². The van der Waals surface area contributed by atoms with E-state index in [9.17, 15) is 9.90 Å². The fraction of sp³-hybridized carbons (Fsp3) is 0.300. The number of hydrogen-bond acceptors (Lipinski definition) is 5. The van der Waals surface area contributed by atoms with E-state index in [4.69, 9.17) is 9.47 Å². The van der Waals surface area contributed by atoms with Crippen LogP contribution in [0, 0.1) is 0 Å². The van der Waals surface area contributed by atoms with Crippen LogP contribution in [-0.4, -0.2) is 18.8 Å². The number of rotatable bonds is 2. The Bertz CT molecular complexity index is 437. The summed E-state index contributed by atoms with van der Waals surface area (Å²) in [5, 5.41) is 13.4. The number of benzene rings is 1. The molecular formula is C10H8NNaO4. The summed E-state index contributed by atoms with van der Waals surface area (Å²) in [5.74, 6) is 0.292. The van der Waals surface area contributed by atoms with Gasteiger partial charge < -0.3 is 19.4 Å². The second-order valence-electron chi connectivity index (χ2n) is 3.55. The Morgan fingerprint density at radius 1 is 1.38 bits per heavy atom. The molecule has 0 aliphatic carbocycles. The first kappa shape index (κ1) is 11.7. The molecule has 2 aliphatic rings.